The molecule has 0 bridgehead atoms. The van der Waals surface area contributed by atoms with E-state index < -0.39 is 0 Å². The first kappa shape index (κ1) is 29.1. The number of anilines is 2. The van der Waals surface area contributed by atoms with Gasteiger partial charge in [-0.25, -0.2) is 9.98 Å². The maximum atomic E-state index is 13.7. The molecule has 0 saturated carbocycles. The SMILES string of the molecule is CCN(CC)c1ccc2cc(C(=O)Nc3nc(-c4ccc(Cc5ccccc5)cc4)c(C)s3)c(=Nc3ccccc3)oc2c1. The summed E-state index contributed by atoms with van der Waals surface area (Å²) < 4.78 is 6.32. The molecule has 0 unspecified atom stereocenters. The van der Waals surface area contributed by atoms with Crippen LogP contribution in [0.4, 0.5) is 16.5 Å². The molecule has 6 nitrogen and oxygen atoms in total. The average Bonchev–Trinajstić information content (AvgIpc) is 3.42. The summed E-state index contributed by atoms with van der Waals surface area (Å²) in [6, 6.07) is 36.3. The van der Waals surface area contributed by atoms with Gasteiger partial charge in [0.1, 0.15) is 11.1 Å². The van der Waals surface area contributed by atoms with E-state index in [0.717, 1.165) is 46.7 Å². The van der Waals surface area contributed by atoms with Crippen LogP contribution in [-0.2, 0) is 6.42 Å². The van der Waals surface area contributed by atoms with Crippen LogP contribution in [0, 0.1) is 6.92 Å². The number of fused-ring (bicyclic) bond motifs is 1. The fraction of sp³-hybridized carbons (Fsp3) is 0.162. The molecular weight excluding hydrogens is 565 g/mol. The van der Waals surface area contributed by atoms with Gasteiger partial charge in [0.2, 0.25) is 5.55 Å². The van der Waals surface area contributed by atoms with Crippen LogP contribution < -0.4 is 15.8 Å². The number of nitrogens with zero attached hydrogens (tertiary/aromatic N) is 3. The van der Waals surface area contributed by atoms with Gasteiger partial charge in [-0.3, -0.25) is 10.1 Å². The number of thiazole rings is 1. The fourth-order valence-corrected chi connectivity index (χ4v) is 6.08. The minimum absolute atomic E-state index is 0.250. The van der Waals surface area contributed by atoms with Crippen LogP contribution in [0.25, 0.3) is 22.2 Å². The van der Waals surface area contributed by atoms with Crippen molar-refractivity contribution in [1.82, 2.24) is 4.98 Å². The van der Waals surface area contributed by atoms with Crippen molar-refractivity contribution >= 4 is 44.7 Å². The van der Waals surface area contributed by atoms with Gasteiger partial charge < -0.3 is 9.32 Å². The number of hydrogen-bond donors (Lipinski definition) is 1. The van der Waals surface area contributed by atoms with Gasteiger partial charge in [0, 0.05) is 40.7 Å². The molecule has 2 heterocycles. The molecule has 0 atom stereocenters. The van der Waals surface area contributed by atoms with E-state index in [-0.39, 0.29) is 11.5 Å². The molecule has 1 amide bonds. The van der Waals surface area contributed by atoms with Crippen LogP contribution in [0.3, 0.4) is 0 Å². The first-order valence-corrected chi connectivity index (χ1v) is 15.7. The van der Waals surface area contributed by atoms with E-state index in [1.165, 1.54) is 22.5 Å². The van der Waals surface area contributed by atoms with Crippen molar-refractivity contribution in [3.05, 3.63) is 136 Å². The number of carbonyl (C=O) groups excluding carboxylic acids is 1. The molecule has 0 fully saturated rings. The van der Waals surface area contributed by atoms with Gasteiger partial charge in [-0.1, -0.05) is 72.8 Å². The van der Waals surface area contributed by atoms with Crippen molar-refractivity contribution in [1.29, 1.82) is 0 Å². The van der Waals surface area contributed by atoms with Crippen molar-refractivity contribution < 1.29 is 9.21 Å². The Kier molecular flexibility index (Phi) is 8.66. The third-order valence-electron chi connectivity index (χ3n) is 7.59. The third-order valence-corrected chi connectivity index (χ3v) is 8.48. The van der Waals surface area contributed by atoms with E-state index in [2.05, 4.69) is 78.7 Å². The van der Waals surface area contributed by atoms with Gasteiger partial charge in [0.15, 0.2) is 5.13 Å². The summed E-state index contributed by atoms with van der Waals surface area (Å²) in [6.07, 6.45) is 0.877. The first-order valence-electron chi connectivity index (χ1n) is 14.9. The van der Waals surface area contributed by atoms with E-state index in [4.69, 9.17) is 14.4 Å². The Labute approximate surface area is 261 Å². The Bertz CT molecular complexity index is 1960. The van der Waals surface area contributed by atoms with Gasteiger partial charge >= 0.3 is 0 Å². The molecule has 44 heavy (non-hydrogen) atoms. The van der Waals surface area contributed by atoms with E-state index in [1.54, 1.807) is 0 Å². The number of hydrogen-bond acceptors (Lipinski definition) is 6. The Morgan fingerprint density at radius 1 is 0.864 bits per heavy atom. The molecule has 7 heteroatoms. The molecule has 0 aliphatic carbocycles. The van der Waals surface area contributed by atoms with Gasteiger partial charge in [-0.15, -0.1) is 11.3 Å². The average molecular weight is 599 g/mol. The monoisotopic (exact) mass is 598 g/mol. The van der Waals surface area contributed by atoms with E-state index in [0.29, 0.717) is 22.0 Å². The highest BCUT2D eigenvalue weighted by molar-refractivity contribution is 7.16. The van der Waals surface area contributed by atoms with E-state index in [9.17, 15) is 4.79 Å². The number of amides is 1. The molecular formula is C37H34N4O2S. The van der Waals surface area contributed by atoms with Gasteiger partial charge in [0.25, 0.3) is 5.91 Å². The smallest absolute Gasteiger partial charge is 0.262 e. The summed E-state index contributed by atoms with van der Waals surface area (Å²) in [5.41, 5.74) is 7.42. The van der Waals surface area contributed by atoms with Crippen LogP contribution in [0.1, 0.15) is 40.2 Å². The first-order chi connectivity index (χ1) is 21.5. The van der Waals surface area contributed by atoms with Crippen molar-refractivity contribution in [2.75, 3.05) is 23.3 Å². The highest BCUT2D eigenvalue weighted by Gasteiger charge is 2.18. The second-order valence-electron chi connectivity index (χ2n) is 10.5. The lowest BCUT2D eigenvalue weighted by Gasteiger charge is -2.21. The predicted molar refractivity (Wildman–Crippen MR) is 181 cm³/mol. The molecule has 0 saturated heterocycles. The second kappa shape index (κ2) is 13.1. The molecule has 2 aromatic heterocycles. The Morgan fingerprint density at radius 2 is 1.55 bits per heavy atom. The number of para-hydroxylation sites is 1. The quantitative estimate of drug-likeness (QED) is 0.181. The molecule has 4 aromatic carbocycles. The molecule has 0 spiro atoms. The normalized spacial score (nSPS) is 11.6. The molecule has 220 valence electrons. The van der Waals surface area contributed by atoms with Crippen molar-refractivity contribution in [2.45, 2.75) is 27.2 Å². The molecule has 6 rings (SSSR count). The molecule has 0 radical (unpaired) electrons. The highest BCUT2D eigenvalue weighted by atomic mass is 32.1. The number of aromatic nitrogens is 1. The number of carbonyl (C=O) groups is 1. The van der Waals surface area contributed by atoms with Crippen LogP contribution in [0.15, 0.2) is 119 Å². The number of rotatable bonds is 9. The Balaban J connectivity index is 1.30. The standard InChI is InChI=1S/C37H34N4O2S/c1-4-41(5-2)31-21-20-29-23-32(36(43-33(29)24-31)38-30-14-10-7-11-15-30)35(42)40-37-39-34(25(3)44-37)28-18-16-27(17-19-28)22-26-12-8-6-9-13-26/h6-21,23-24H,4-5,22H2,1-3H3,(H,39,40,42). The lowest BCUT2D eigenvalue weighted by molar-refractivity contribution is 0.102. The highest BCUT2D eigenvalue weighted by Crippen LogP contribution is 2.31. The number of nitrogens with one attached hydrogen (secondary N) is 1. The molecule has 0 aliphatic heterocycles. The minimum Gasteiger partial charge on any atom is -0.437 e. The predicted octanol–water partition coefficient (Wildman–Crippen LogP) is 8.79. The van der Waals surface area contributed by atoms with Crippen LogP contribution in [-0.4, -0.2) is 24.0 Å². The summed E-state index contributed by atoms with van der Waals surface area (Å²) >= 11 is 1.45. The van der Waals surface area contributed by atoms with E-state index >= 15 is 0 Å². The largest absolute Gasteiger partial charge is 0.437 e. The van der Waals surface area contributed by atoms with Gasteiger partial charge in [0.05, 0.1) is 11.4 Å². The van der Waals surface area contributed by atoms with Gasteiger partial charge in [-0.05, 0) is 68.7 Å². The van der Waals surface area contributed by atoms with Crippen LogP contribution >= 0.6 is 11.3 Å². The zero-order chi connectivity index (χ0) is 30.5. The van der Waals surface area contributed by atoms with Gasteiger partial charge in [-0.2, -0.15) is 0 Å². The lowest BCUT2D eigenvalue weighted by Crippen LogP contribution is -2.22. The summed E-state index contributed by atoms with van der Waals surface area (Å²) in [6.45, 7) is 8.05. The van der Waals surface area contributed by atoms with Crippen molar-refractivity contribution in [3.8, 4) is 11.3 Å². The Morgan fingerprint density at radius 3 is 2.25 bits per heavy atom. The minimum atomic E-state index is -0.323. The third kappa shape index (κ3) is 6.48. The molecule has 6 aromatic rings. The van der Waals surface area contributed by atoms with Crippen molar-refractivity contribution in [2.24, 2.45) is 4.99 Å². The number of aryl methyl sites for hydroxylation is 1. The maximum Gasteiger partial charge on any atom is 0.262 e. The number of benzene rings is 4. The maximum absolute atomic E-state index is 13.7. The summed E-state index contributed by atoms with van der Waals surface area (Å²) in [5.74, 6) is -0.323. The fourth-order valence-electron chi connectivity index (χ4n) is 5.25. The van der Waals surface area contributed by atoms with Crippen LogP contribution in [0.5, 0.6) is 0 Å². The topological polar surface area (TPSA) is 70.7 Å². The zero-order valence-electron chi connectivity index (χ0n) is 25.1. The molecule has 1 N–H and O–H groups in total. The summed E-state index contributed by atoms with van der Waals surface area (Å²) in [7, 11) is 0. The van der Waals surface area contributed by atoms with Crippen molar-refractivity contribution in [3.63, 3.8) is 0 Å². The Hall–Kier alpha value is -5.01. The zero-order valence-corrected chi connectivity index (χ0v) is 25.9. The summed E-state index contributed by atoms with van der Waals surface area (Å²) in [5, 5.41) is 4.36. The van der Waals surface area contributed by atoms with Crippen LogP contribution in [0.2, 0.25) is 0 Å². The lowest BCUT2D eigenvalue weighted by atomic mass is 10.0. The molecule has 0 aliphatic rings. The second-order valence-corrected chi connectivity index (χ2v) is 11.7. The summed E-state index contributed by atoms with van der Waals surface area (Å²) in [4.78, 5) is 26.5. The van der Waals surface area contributed by atoms with E-state index in [1.807, 2.05) is 61.5 Å².